The molecule has 0 radical (unpaired) electrons. The van der Waals surface area contributed by atoms with Crippen molar-refractivity contribution in [2.24, 2.45) is 0 Å². The van der Waals surface area contributed by atoms with Crippen LogP contribution in [0.3, 0.4) is 0 Å². The fourth-order valence-corrected chi connectivity index (χ4v) is 4.31. The Balaban J connectivity index is 2.70. The van der Waals surface area contributed by atoms with Crippen LogP contribution in [-0.4, -0.2) is 23.3 Å². The fourth-order valence-electron chi connectivity index (χ4n) is 2.63. The van der Waals surface area contributed by atoms with Crippen LogP contribution in [-0.2, 0) is 10.0 Å². The summed E-state index contributed by atoms with van der Waals surface area (Å²) in [5, 5.41) is 7.28. The lowest BCUT2D eigenvalue weighted by molar-refractivity contribution is 0.589. The van der Waals surface area contributed by atoms with Gasteiger partial charge in [0.05, 0.1) is 4.90 Å². The van der Waals surface area contributed by atoms with Gasteiger partial charge in [-0.25, -0.2) is 9.51 Å². The topological polar surface area (TPSA) is 76.9 Å². The summed E-state index contributed by atoms with van der Waals surface area (Å²) in [4.78, 5) is 2.88. The Labute approximate surface area is 144 Å². The van der Waals surface area contributed by atoms with Crippen LogP contribution in [0.25, 0.3) is 0 Å². The van der Waals surface area contributed by atoms with E-state index < -0.39 is 10.0 Å². The highest BCUT2D eigenvalue weighted by Gasteiger charge is 2.27. The Bertz CT molecular complexity index is 765. The summed E-state index contributed by atoms with van der Waals surface area (Å²) in [7, 11) is -3.74. The molecule has 0 saturated heterocycles. The largest absolute Gasteiger partial charge is 0.276 e. The molecule has 1 N–H and O–H groups in total. The highest BCUT2D eigenvalue weighted by Crippen LogP contribution is 2.35. The van der Waals surface area contributed by atoms with Gasteiger partial charge < -0.3 is 0 Å². The Morgan fingerprint density at radius 3 is 1.71 bits per heavy atom. The van der Waals surface area contributed by atoms with Crippen LogP contribution in [0.5, 0.6) is 0 Å². The van der Waals surface area contributed by atoms with Gasteiger partial charge in [-0.15, -0.1) is 10.2 Å². The molecule has 7 heteroatoms. The first kappa shape index (κ1) is 18.4. The first-order chi connectivity index (χ1) is 11.1. The van der Waals surface area contributed by atoms with Gasteiger partial charge in [0.25, 0.3) is 10.0 Å². The maximum Gasteiger partial charge on any atom is 0.276 e. The molecule has 6 nitrogen and oxygen atoms in total. The molecular weight excluding hydrogens is 324 g/mol. The van der Waals surface area contributed by atoms with Crippen molar-refractivity contribution >= 4 is 10.0 Å². The zero-order valence-corrected chi connectivity index (χ0v) is 15.9. The average Bonchev–Trinajstić information content (AvgIpc) is 2.97. The molecule has 1 aromatic carbocycles. The van der Waals surface area contributed by atoms with E-state index in [4.69, 9.17) is 0 Å². The van der Waals surface area contributed by atoms with Crippen molar-refractivity contribution in [3.05, 3.63) is 41.5 Å². The van der Waals surface area contributed by atoms with Gasteiger partial charge >= 0.3 is 0 Å². The first-order valence-corrected chi connectivity index (χ1v) is 9.67. The number of nitrogens with zero attached hydrogens (tertiary/aromatic N) is 3. The minimum absolute atomic E-state index is 0.0914. The van der Waals surface area contributed by atoms with E-state index in [0.717, 1.165) is 16.7 Å². The smallest absolute Gasteiger partial charge is 0.221 e. The van der Waals surface area contributed by atoms with Crippen molar-refractivity contribution in [3.8, 4) is 0 Å². The molecule has 0 unspecified atom stereocenters. The van der Waals surface area contributed by atoms with E-state index in [-0.39, 0.29) is 11.8 Å². The molecular formula is C17H26N4O2S. The number of rotatable bonds is 6. The van der Waals surface area contributed by atoms with E-state index in [0.29, 0.717) is 10.8 Å². The predicted molar refractivity (Wildman–Crippen MR) is 95.3 cm³/mol. The molecule has 0 aliphatic heterocycles. The number of hydrogen-bond donors (Lipinski definition) is 1. The molecule has 1 aromatic heterocycles. The van der Waals surface area contributed by atoms with Crippen molar-refractivity contribution < 1.29 is 8.42 Å². The van der Waals surface area contributed by atoms with Gasteiger partial charge in [-0.3, -0.25) is 0 Å². The lowest BCUT2D eigenvalue weighted by Gasteiger charge is -2.23. The predicted octanol–water partition coefficient (Wildman–Crippen LogP) is 3.58. The number of nitrogens with one attached hydrogen (secondary N) is 1. The van der Waals surface area contributed by atoms with E-state index in [2.05, 4.69) is 28.9 Å². The average molecular weight is 350 g/mol. The minimum atomic E-state index is -3.74. The van der Waals surface area contributed by atoms with E-state index in [1.54, 1.807) is 0 Å². The van der Waals surface area contributed by atoms with Crippen molar-refractivity contribution in [1.82, 2.24) is 14.9 Å². The maximum atomic E-state index is 13.0. The van der Waals surface area contributed by atoms with Crippen molar-refractivity contribution in [2.75, 3.05) is 4.83 Å². The molecule has 24 heavy (non-hydrogen) atoms. The van der Waals surface area contributed by atoms with Crippen LogP contribution in [0.1, 0.15) is 76.0 Å². The fraction of sp³-hybridized carbons (Fsp3) is 0.529. The normalized spacial score (nSPS) is 12.4. The number of hydrogen-bond acceptors (Lipinski definition) is 4. The van der Waals surface area contributed by atoms with Crippen molar-refractivity contribution in [3.63, 3.8) is 0 Å². The van der Waals surface area contributed by atoms with Crippen LogP contribution in [0.2, 0.25) is 0 Å². The summed E-state index contributed by atoms with van der Waals surface area (Å²) in [6.45, 7) is 12.3. The van der Waals surface area contributed by atoms with Crippen LogP contribution in [0.15, 0.2) is 29.7 Å². The number of sulfonamides is 1. The highest BCUT2D eigenvalue weighted by atomic mass is 32.2. The quantitative estimate of drug-likeness (QED) is 0.864. The second-order valence-corrected chi connectivity index (χ2v) is 8.55. The van der Waals surface area contributed by atoms with Crippen LogP contribution < -0.4 is 4.83 Å². The lowest BCUT2D eigenvalue weighted by atomic mass is 9.89. The van der Waals surface area contributed by atoms with E-state index in [9.17, 15) is 8.42 Å². The van der Waals surface area contributed by atoms with Gasteiger partial charge in [-0.05, 0) is 34.4 Å². The summed E-state index contributed by atoms with van der Waals surface area (Å²) in [6.07, 6.45) is 2.65. The van der Waals surface area contributed by atoms with Crippen molar-refractivity contribution in [1.29, 1.82) is 0 Å². The summed E-state index contributed by atoms with van der Waals surface area (Å²) >= 11 is 0. The van der Waals surface area contributed by atoms with Crippen LogP contribution in [0.4, 0.5) is 0 Å². The molecule has 0 aliphatic rings. The van der Waals surface area contributed by atoms with Gasteiger partial charge in [-0.1, -0.05) is 53.7 Å². The highest BCUT2D eigenvalue weighted by molar-refractivity contribution is 7.92. The Kier molecular flexibility index (Phi) is 5.32. The monoisotopic (exact) mass is 350 g/mol. The Morgan fingerprint density at radius 1 is 0.875 bits per heavy atom. The standard InChI is InChI=1S/C17H26N4O2S/c1-11(2)14-7-15(12(3)4)17(16(8-14)13(5)6)24(22,23)20-21-9-18-19-10-21/h7-13,20H,1-6H3. The minimum Gasteiger partial charge on any atom is -0.221 e. The maximum absolute atomic E-state index is 13.0. The molecule has 132 valence electrons. The molecule has 1 heterocycles. The molecule has 2 rings (SSSR count). The third-order valence-corrected chi connectivity index (χ3v) is 5.45. The molecule has 0 spiro atoms. The summed E-state index contributed by atoms with van der Waals surface area (Å²) in [6, 6.07) is 4.03. The van der Waals surface area contributed by atoms with E-state index in [1.807, 2.05) is 39.8 Å². The molecule has 0 saturated carbocycles. The van der Waals surface area contributed by atoms with Gasteiger partial charge in [0, 0.05) is 0 Å². The summed E-state index contributed by atoms with van der Waals surface area (Å²) in [5.74, 6) is 0.518. The van der Waals surface area contributed by atoms with Gasteiger partial charge in [-0.2, -0.15) is 8.42 Å². The number of aromatic nitrogens is 3. The molecule has 0 atom stereocenters. The van der Waals surface area contributed by atoms with E-state index in [1.165, 1.54) is 17.3 Å². The van der Waals surface area contributed by atoms with Crippen LogP contribution >= 0.6 is 0 Å². The third kappa shape index (κ3) is 3.77. The summed E-state index contributed by atoms with van der Waals surface area (Å²) in [5.41, 5.74) is 2.83. The SMILES string of the molecule is CC(C)c1cc(C(C)C)c(S(=O)(=O)Nn2cnnc2)c(C(C)C)c1. The Morgan fingerprint density at radius 2 is 1.33 bits per heavy atom. The van der Waals surface area contributed by atoms with Gasteiger partial charge in [0.1, 0.15) is 12.7 Å². The van der Waals surface area contributed by atoms with Crippen molar-refractivity contribution in [2.45, 2.75) is 64.2 Å². The molecule has 2 aromatic rings. The molecule has 0 bridgehead atoms. The molecule has 0 aliphatic carbocycles. The van der Waals surface area contributed by atoms with E-state index >= 15 is 0 Å². The Hall–Kier alpha value is -1.89. The van der Waals surface area contributed by atoms with Crippen LogP contribution in [0, 0.1) is 0 Å². The second-order valence-electron chi connectivity index (χ2n) is 6.96. The zero-order valence-electron chi connectivity index (χ0n) is 15.1. The van der Waals surface area contributed by atoms with Gasteiger partial charge in [0.15, 0.2) is 0 Å². The first-order valence-electron chi connectivity index (χ1n) is 8.18. The third-order valence-electron chi connectivity index (χ3n) is 3.99. The number of benzene rings is 1. The molecule has 0 fully saturated rings. The zero-order chi connectivity index (χ0) is 18.1. The second kappa shape index (κ2) is 6.93. The summed E-state index contributed by atoms with van der Waals surface area (Å²) < 4.78 is 27.3. The van der Waals surface area contributed by atoms with Gasteiger partial charge in [0.2, 0.25) is 0 Å². The lowest BCUT2D eigenvalue weighted by Crippen LogP contribution is -2.25. The molecule has 0 amide bonds.